The molecule has 1 atom stereocenters. The van der Waals surface area contributed by atoms with E-state index in [2.05, 4.69) is 26.2 Å². The van der Waals surface area contributed by atoms with E-state index in [0.717, 1.165) is 39.1 Å². The molecule has 3 aromatic rings. The highest BCUT2D eigenvalue weighted by Gasteiger charge is 2.51. The van der Waals surface area contributed by atoms with Crippen LogP contribution in [0.25, 0.3) is 11.3 Å². The molecule has 132 valence electrons. The number of pyridine rings is 1. The minimum Gasteiger partial charge on any atom is -0.346 e. The lowest BCUT2D eigenvalue weighted by molar-refractivity contribution is -0.124. The van der Waals surface area contributed by atoms with Gasteiger partial charge in [0.05, 0.1) is 17.2 Å². The van der Waals surface area contributed by atoms with Gasteiger partial charge in [0, 0.05) is 27.8 Å². The van der Waals surface area contributed by atoms with Crippen molar-refractivity contribution in [2.24, 2.45) is 0 Å². The van der Waals surface area contributed by atoms with Crippen molar-refractivity contribution in [1.82, 2.24) is 15.3 Å². The molecule has 0 bridgehead atoms. The number of halogens is 1. The summed E-state index contributed by atoms with van der Waals surface area (Å²) >= 11 is 5.07. The van der Waals surface area contributed by atoms with E-state index < -0.39 is 0 Å². The van der Waals surface area contributed by atoms with Crippen LogP contribution < -0.4 is 5.32 Å². The number of hydrogen-bond acceptors (Lipinski definition) is 4. The number of rotatable bonds is 5. The maximum atomic E-state index is 12.9. The zero-order valence-corrected chi connectivity index (χ0v) is 16.7. The summed E-state index contributed by atoms with van der Waals surface area (Å²) in [5.41, 5.74) is 2.65. The van der Waals surface area contributed by atoms with Crippen LogP contribution in [0.4, 0.5) is 0 Å². The molecule has 26 heavy (non-hydrogen) atoms. The number of amides is 1. The number of thiazole rings is 1. The first-order chi connectivity index (χ1) is 12.6. The normalized spacial score (nSPS) is 16.1. The molecule has 1 saturated carbocycles. The molecule has 1 aliphatic rings. The summed E-state index contributed by atoms with van der Waals surface area (Å²) in [7, 11) is 0. The second-order valence-corrected chi connectivity index (χ2v) is 8.40. The molecular weight excluding hydrogens is 410 g/mol. The van der Waals surface area contributed by atoms with Crippen molar-refractivity contribution in [2.75, 3.05) is 0 Å². The predicted octanol–water partition coefficient (Wildman–Crippen LogP) is 4.88. The fourth-order valence-electron chi connectivity index (χ4n) is 3.10. The Balaban J connectivity index is 1.49. The van der Waals surface area contributed by atoms with Crippen molar-refractivity contribution < 1.29 is 4.79 Å². The standard InChI is InChI=1S/C20H18BrN3OS/c1-13(18-24-17(12-26-18)14-5-9-22-10-6-14)23-19(25)20(7-8-20)15-3-2-4-16(21)11-15/h2-6,9-13H,7-8H2,1H3,(H,23,25). The summed E-state index contributed by atoms with van der Waals surface area (Å²) < 4.78 is 1.00. The Kier molecular flexibility index (Phi) is 4.63. The van der Waals surface area contributed by atoms with Crippen LogP contribution >= 0.6 is 27.3 Å². The molecule has 2 heterocycles. The van der Waals surface area contributed by atoms with Gasteiger partial charge in [-0.3, -0.25) is 9.78 Å². The fraction of sp³-hybridized carbons (Fsp3) is 0.250. The number of hydrogen-bond donors (Lipinski definition) is 1. The first-order valence-corrected chi connectivity index (χ1v) is 10.2. The summed E-state index contributed by atoms with van der Waals surface area (Å²) in [5, 5.41) is 6.10. The van der Waals surface area contributed by atoms with Crippen LogP contribution in [0.5, 0.6) is 0 Å². The molecule has 1 aromatic carbocycles. The smallest absolute Gasteiger partial charge is 0.231 e. The Hall–Kier alpha value is -2.05. The van der Waals surface area contributed by atoms with E-state index in [9.17, 15) is 4.79 Å². The molecule has 6 heteroatoms. The predicted molar refractivity (Wildman–Crippen MR) is 107 cm³/mol. The van der Waals surface area contributed by atoms with Crippen molar-refractivity contribution in [3.63, 3.8) is 0 Å². The number of nitrogens with zero attached hydrogens (tertiary/aromatic N) is 2. The highest BCUT2D eigenvalue weighted by Crippen LogP contribution is 2.49. The highest BCUT2D eigenvalue weighted by molar-refractivity contribution is 9.10. The lowest BCUT2D eigenvalue weighted by atomic mass is 9.95. The summed E-state index contributed by atoms with van der Waals surface area (Å²) in [6.45, 7) is 1.99. The van der Waals surface area contributed by atoms with Gasteiger partial charge in [0.25, 0.3) is 0 Å². The largest absolute Gasteiger partial charge is 0.346 e. The van der Waals surface area contributed by atoms with Crippen LogP contribution in [0.3, 0.4) is 0 Å². The quantitative estimate of drug-likeness (QED) is 0.631. The van der Waals surface area contributed by atoms with E-state index in [-0.39, 0.29) is 17.4 Å². The molecule has 0 saturated heterocycles. The number of aromatic nitrogens is 2. The number of benzene rings is 1. The molecule has 0 aliphatic heterocycles. The zero-order chi connectivity index (χ0) is 18.1. The van der Waals surface area contributed by atoms with Crippen molar-refractivity contribution in [3.8, 4) is 11.3 Å². The third-order valence-electron chi connectivity index (χ3n) is 4.78. The molecular formula is C20H18BrN3OS. The molecule has 1 N–H and O–H groups in total. The van der Waals surface area contributed by atoms with E-state index in [1.807, 2.05) is 48.7 Å². The van der Waals surface area contributed by atoms with Gasteiger partial charge in [0.1, 0.15) is 5.01 Å². The van der Waals surface area contributed by atoms with Crippen LogP contribution in [0.1, 0.15) is 36.4 Å². The first kappa shape index (κ1) is 17.4. The van der Waals surface area contributed by atoms with Gasteiger partial charge in [-0.1, -0.05) is 28.1 Å². The van der Waals surface area contributed by atoms with Crippen LogP contribution in [-0.2, 0) is 10.2 Å². The minimum atomic E-state index is -0.386. The van der Waals surface area contributed by atoms with Crippen LogP contribution in [-0.4, -0.2) is 15.9 Å². The van der Waals surface area contributed by atoms with Gasteiger partial charge in [-0.15, -0.1) is 11.3 Å². The molecule has 1 amide bonds. The monoisotopic (exact) mass is 427 g/mol. The van der Waals surface area contributed by atoms with Gasteiger partial charge in [0.15, 0.2) is 0 Å². The second kappa shape index (κ2) is 6.93. The lowest BCUT2D eigenvalue weighted by Gasteiger charge is -2.19. The van der Waals surface area contributed by atoms with Gasteiger partial charge in [-0.2, -0.15) is 0 Å². The van der Waals surface area contributed by atoms with Gasteiger partial charge in [-0.05, 0) is 49.6 Å². The van der Waals surface area contributed by atoms with Crippen molar-refractivity contribution in [3.05, 3.63) is 69.2 Å². The van der Waals surface area contributed by atoms with E-state index in [1.165, 1.54) is 0 Å². The number of nitrogens with one attached hydrogen (secondary N) is 1. The second-order valence-electron chi connectivity index (χ2n) is 6.59. The van der Waals surface area contributed by atoms with E-state index in [0.29, 0.717) is 0 Å². The summed E-state index contributed by atoms with van der Waals surface area (Å²) in [6, 6.07) is 11.8. The third-order valence-corrected chi connectivity index (χ3v) is 6.30. The minimum absolute atomic E-state index is 0.0868. The SMILES string of the molecule is CC(NC(=O)C1(c2cccc(Br)c2)CC1)c1nc(-c2ccncc2)cs1. The molecule has 1 aliphatic carbocycles. The molecule has 4 nitrogen and oxygen atoms in total. The van der Waals surface area contributed by atoms with Gasteiger partial charge < -0.3 is 5.32 Å². The van der Waals surface area contributed by atoms with Crippen molar-refractivity contribution in [1.29, 1.82) is 0 Å². The molecule has 4 rings (SSSR count). The Morgan fingerprint density at radius 2 is 2.04 bits per heavy atom. The molecule has 1 fully saturated rings. The average molecular weight is 428 g/mol. The molecule has 0 radical (unpaired) electrons. The van der Waals surface area contributed by atoms with Gasteiger partial charge >= 0.3 is 0 Å². The average Bonchev–Trinajstić information content (AvgIpc) is 3.32. The first-order valence-electron chi connectivity index (χ1n) is 8.51. The lowest BCUT2D eigenvalue weighted by Crippen LogP contribution is -2.36. The highest BCUT2D eigenvalue weighted by atomic mass is 79.9. The Morgan fingerprint density at radius 1 is 1.27 bits per heavy atom. The van der Waals surface area contributed by atoms with E-state index >= 15 is 0 Å². The van der Waals surface area contributed by atoms with Crippen LogP contribution in [0.15, 0.2) is 58.6 Å². The zero-order valence-electron chi connectivity index (χ0n) is 14.3. The van der Waals surface area contributed by atoms with Crippen molar-refractivity contribution in [2.45, 2.75) is 31.2 Å². The van der Waals surface area contributed by atoms with E-state index in [4.69, 9.17) is 4.98 Å². The van der Waals surface area contributed by atoms with Crippen molar-refractivity contribution >= 4 is 33.2 Å². The fourth-order valence-corrected chi connectivity index (χ4v) is 4.33. The Labute approximate surface area is 164 Å². The topological polar surface area (TPSA) is 54.9 Å². The summed E-state index contributed by atoms with van der Waals surface area (Å²) in [6.07, 6.45) is 5.30. The van der Waals surface area contributed by atoms with Gasteiger partial charge in [-0.25, -0.2) is 4.98 Å². The summed E-state index contributed by atoms with van der Waals surface area (Å²) in [4.78, 5) is 21.7. The maximum absolute atomic E-state index is 12.9. The van der Waals surface area contributed by atoms with Crippen LogP contribution in [0, 0.1) is 0 Å². The molecule has 1 unspecified atom stereocenters. The van der Waals surface area contributed by atoms with Crippen LogP contribution in [0.2, 0.25) is 0 Å². The number of carbonyl (C=O) groups excluding carboxylic acids is 1. The Bertz CT molecular complexity index is 937. The Morgan fingerprint density at radius 3 is 2.73 bits per heavy atom. The summed E-state index contributed by atoms with van der Waals surface area (Å²) in [5.74, 6) is 0.0868. The maximum Gasteiger partial charge on any atom is 0.231 e. The molecule has 2 aromatic heterocycles. The van der Waals surface area contributed by atoms with E-state index in [1.54, 1.807) is 23.7 Å². The number of carbonyl (C=O) groups is 1. The van der Waals surface area contributed by atoms with Gasteiger partial charge in [0.2, 0.25) is 5.91 Å². The third kappa shape index (κ3) is 3.31. The molecule has 0 spiro atoms.